The Morgan fingerprint density at radius 3 is 1.72 bits per heavy atom. The number of amides is 1. The minimum atomic E-state index is -0.417. The Hall–Kier alpha value is -4.83. The third kappa shape index (κ3) is 7.21. The van der Waals surface area contributed by atoms with Crippen LogP contribution in [0.3, 0.4) is 0 Å². The van der Waals surface area contributed by atoms with Gasteiger partial charge in [-0.3, -0.25) is 4.79 Å². The van der Waals surface area contributed by atoms with Crippen LogP contribution in [0.1, 0.15) is 77.1 Å². The number of carbonyl (C=O) groups is 1. The zero-order chi connectivity index (χ0) is 35.5. The summed E-state index contributed by atoms with van der Waals surface area (Å²) in [7, 11) is 1.55. The number of hydrogen-bond acceptors (Lipinski definition) is 7. The van der Waals surface area contributed by atoms with Crippen molar-refractivity contribution in [3.05, 3.63) is 97.3 Å². The third-order valence-electron chi connectivity index (χ3n) is 10.3. The Bertz CT molecular complexity index is 1790. The minimum absolute atomic E-state index is 0.0380. The number of nitrogens with zero attached hydrogens (tertiary/aromatic N) is 4. The number of imidazole rings is 2. The number of methoxy groups -OCH3 is 1. The van der Waals surface area contributed by atoms with Gasteiger partial charge in [0.25, 0.3) is 0 Å². The summed E-state index contributed by atoms with van der Waals surface area (Å²) in [6.45, 7) is 18.2. The highest BCUT2D eigenvalue weighted by molar-refractivity contribution is 5.83. The van der Waals surface area contributed by atoms with Crippen LogP contribution in [0.15, 0.2) is 85.7 Å². The maximum absolute atomic E-state index is 13.6. The molecule has 0 unspecified atom stereocenters. The first kappa shape index (κ1) is 35.0. The lowest BCUT2D eigenvalue weighted by Crippen LogP contribution is -2.48. The molecule has 0 bridgehead atoms. The Labute approximate surface area is 296 Å². The van der Waals surface area contributed by atoms with Crippen LogP contribution in [-0.2, 0) is 9.53 Å². The molecule has 5 N–H and O–H groups in total. The second-order valence-corrected chi connectivity index (χ2v) is 14.3. The molecule has 2 aliphatic heterocycles. The van der Waals surface area contributed by atoms with Crippen LogP contribution in [-0.4, -0.2) is 67.9 Å². The highest BCUT2D eigenvalue weighted by atomic mass is 16.5. The summed E-state index contributed by atoms with van der Waals surface area (Å²) in [5, 5.41) is 3.15. The molecule has 0 aliphatic carbocycles. The lowest BCUT2D eigenvalue weighted by molar-refractivity contribution is -0.135. The summed E-state index contributed by atoms with van der Waals surface area (Å²) < 4.78 is 5.20. The number of hydrogen-bond donors (Lipinski definition) is 4. The molecule has 4 aromatic rings. The largest absolute Gasteiger partial charge is 0.483 e. The molecular formula is C40H52N8O2. The molecule has 10 nitrogen and oxygen atoms in total. The predicted octanol–water partition coefficient (Wildman–Crippen LogP) is 7.16. The van der Waals surface area contributed by atoms with Gasteiger partial charge in [0.1, 0.15) is 17.7 Å². The molecule has 4 atom stereocenters. The molecule has 2 aromatic heterocycles. The molecule has 0 spiro atoms. The maximum Gasteiger partial charge on any atom is 0.246 e. The van der Waals surface area contributed by atoms with E-state index in [0.717, 1.165) is 83.2 Å². The number of rotatable bonds is 13. The first-order valence-corrected chi connectivity index (χ1v) is 17.9. The van der Waals surface area contributed by atoms with Gasteiger partial charge in [-0.2, -0.15) is 0 Å². The normalized spacial score (nSPS) is 18.9. The number of aromatic amines is 2. The van der Waals surface area contributed by atoms with E-state index in [1.807, 2.05) is 31.1 Å². The number of carbonyl (C=O) groups excluding carboxylic acids is 1. The monoisotopic (exact) mass is 676 g/mol. The van der Waals surface area contributed by atoms with Crippen LogP contribution in [0, 0.1) is 11.8 Å². The van der Waals surface area contributed by atoms with Crippen molar-refractivity contribution in [2.24, 2.45) is 17.6 Å². The molecule has 0 radical (unpaired) electrons. The van der Waals surface area contributed by atoms with Gasteiger partial charge in [-0.25, -0.2) is 9.97 Å². The van der Waals surface area contributed by atoms with E-state index in [4.69, 9.17) is 20.4 Å². The molecule has 2 aromatic carbocycles. The first-order valence-electron chi connectivity index (χ1n) is 17.9. The van der Waals surface area contributed by atoms with Gasteiger partial charge in [-0.05, 0) is 66.4 Å². The molecule has 6 rings (SSSR count). The second-order valence-electron chi connectivity index (χ2n) is 14.3. The fraction of sp³-hybridized carbons (Fsp3) is 0.425. The molecule has 2 aliphatic rings. The van der Waals surface area contributed by atoms with Crippen LogP contribution < -0.4 is 11.1 Å². The van der Waals surface area contributed by atoms with Crippen LogP contribution >= 0.6 is 0 Å². The lowest BCUT2D eigenvalue weighted by atomic mass is 10.0. The Kier molecular flexibility index (Phi) is 10.5. The van der Waals surface area contributed by atoms with Gasteiger partial charge in [0, 0.05) is 24.8 Å². The van der Waals surface area contributed by atoms with Gasteiger partial charge < -0.3 is 35.6 Å². The van der Waals surface area contributed by atoms with Crippen molar-refractivity contribution in [1.82, 2.24) is 35.1 Å². The Morgan fingerprint density at radius 2 is 1.26 bits per heavy atom. The number of H-pyrrole nitrogens is 2. The molecule has 4 heterocycles. The molecule has 264 valence electrons. The number of likely N-dealkylation sites (tertiary alicyclic amines) is 2. The van der Waals surface area contributed by atoms with E-state index in [9.17, 15) is 4.79 Å². The number of nitrogens with one attached hydrogen (secondary N) is 3. The molecular weight excluding hydrogens is 624 g/mol. The zero-order valence-corrected chi connectivity index (χ0v) is 30.1. The van der Waals surface area contributed by atoms with Gasteiger partial charge in [0.05, 0.1) is 43.0 Å². The first-order chi connectivity index (χ1) is 24.0. The van der Waals surface area contributed by atoms with Crippen molar-refractivity contribution in [3.63, 3.8) is 0 Å². The van der Waals surface area contributed by atoms with E-state index >= 15 is 0 Å². The predicted molar refractivity (Wildman–Crippen MR) is 199 cm³/mol. The van der Waals surface area contributed by atoms with Crippen molar-refractivity contribution in [2.75, 3.05) is 20.2 Å². The molecule has 0 saturated carbocycles. The van der Waals surface area contributed by atoms with Crippen molar-refractivity contribution in [3.8, 4) is 33.6 Å². The number of nitrogens with two attached hydrogens (primary N) is 1. The number of aromatic nitrogens is 4. The maximum atomic E-state index is 13.6. The third-order valence-corrected chi connectivity index (χ3v) is 10.3. The van der Waals surface area contributed by atoms with Crippen LogP contribution in [0.25, 0.3) is 33.6 Å². The van der Waals surface area contributed by atoms with Gasteiger partial charge in [0.2, 0.25) is 5.91 Å². The smallest absolute Gasteiger partial charge is 0.246 e. The van der Waals surface area contributed by atoms with Crippen LogP contribution in [0.4, 0.5) is 0 Å². The van der Waals surface area contributed by atoms with E-state index < -0.39 is 6.04 Å². The van der Waals surface area contributed by atoms with E-state index in [0.29, 0.717) is 18.3 Å². The quantitative estimate of drug-likeness (QED) is 0.111. The molecule has 2 fully saturated rings. The highest BCUT2D eigenvalue weighted by Crippen LogP contribution is 2.36. The summed E-state index contributed by atoms with van der Waals surface area (Å²) in [6.07, 6.45) is 7.73. The van der Waals surface area contributed by atoms with E-state index in [2.05, 4.69) is 95.7 Å². The Morgan fingerprint density at radius 1 is 0.800 bits per heavy atom. The summed E-state index contributed by atoms with van der Waals surface area (Å²) in [5.74, 6) is 2.62. The van der Waals surface area contributed by atoms with Gasteiger partial charge in [-0.15, -0.1) is 0 Å². The van der Waals surface area contributed by atoms with Crippen LogP contribution in [0.5, 0.6) is 0 Å². The topological polar surface area (TPSA) is 128 Å². The fourth-order valence-electron chi connectivity index (χ4n) is 7.20. The van der Waals surface area contributed by atoms with Gasteiger partial charge in [0.15, 0.2) is 5.88 Å². The zero-order valence-electron chi connectivity index (χ0n) is 30.1. The number of ether oxygens (including phenoxy) is 1. The average molecular weight is 677 g/mol. The van der Waals surface area contributed by atoms with E-state index in [1.165, 1.54) is 0 Å². The second kappa shape index (κ2) is 15.0. The highest BCUT2D eigenvalue weighted by Gasteiger charge is 2.37. The summed E-state index contributed by atoms with van der Waals surface area (Å²) in [6, 6.07) is 16.7. The van der Waals surface area contributed by atoms with Gasteiger partial charge >= 0.3 is 0 Å². The van der Waals surface area contributed by atoms with E-state index in [1.54, 1.807) is 7.11 Å². The summed E-state index contributed by atoms with van der Waals surface area (Å²) in [5.41, 5.74) is 13.8. The summed E-state index contributed by atoms with van der Waals surface area (Å²) in [4.78, 5) is 34.5. The number of benzene rings is 2. The fourth-order valence-corrected chi connectivity index (χ4v) is 7.20. The average Bonchev–Trinajstić information content (AvgIpc) is 3.96. The molecule has 10 heteroatoms. The van der Waals surface area contributed by atoms with Crippen molar-refractivity contribution >= 4 is 5.91 Å². The Balaban J connectivity index is 1.11. The van der Waals surface area contributed by atoms with Gasteiger partial charge in [-0.1, -0.05) is 82.8 Å². The van der Waals surface area contributed by atoms with E-state index in [-0.39, 0.29) is 30.0 Å². The van der Waals surface area contributed by atoms with Crippen molar-refractivity contribution in [1.29, 1.82) is 0 Å². The standard InChI is InChI=1S/C40H52N8O2/c1-24(2)36(41)26(5)47-20-8-10-34(47)38-42-22-32(45-38)30-16-12-28(13-17-30)29-14-18-31(19-15-29)33-23-43-39(46-33)35-11-9-21-48(35)40(49)37(25(3)4)44-27(6)50-7/h12-19,22-25,34-37,44H,5-6,8-11,20-21,41H2,1-4,7H3,(H,42,45)(H,43,46)/t34-,35-,36-,37-/m0/s1. The van der Waals surface area contributed by atoms with Crippen LogP contribution in [0.2, 0.25) is 0 Å². The summed E-state index contributed by atoms with van der Waals surface area (Å²) >= 11 is 0. The lowest BCUT2D eigenvalue weighted by Gasteiger charge is -2.32. The molecule has 2 saturated heterocycles. The van der Waals surface area contributed by atoms with Crippen molar-refractivity contribution < 1.29 is 9.53 Å². The molecule has 50 heavy (non-hydrogen) atoms. The van der Waals surface area contributed by atoms with Crippen molar-refractivity contribution in [2.45, 2.75) is 77.5 Å². The molecule has 1 amide bonds. The SMILES string of the molecule is C=C(N[C@H](C(=O)N1CCC[C@H]1c1ncc(-c2ccc(-c3ccc(-c4cnc([C@@H]5CCCN5C(=C)[C@@H](N)C(C)C)[nH]4)cc3)cc2)[nH]1)C(C)C)OC. The minimum Gasteiger partial charge on any atom is -0.483 e.